The highest BCUT2D eigenvalue weighted by Gasteiger charge is 2.17. The Morgan fingerprint density at radius 2 is 1.73 bits per heavy atom. The average molecular weight is 206 g/mol. The zero-order valence-corrected chi connectivity index (χ0v) is 9.98. The highest BCUT2D eigenvalue weighted by molar-refractivity contribution is 5.19. The van der Waals surface area contributed by atoms with Gasteiger partial charge in [0.05, 0.1) is 6.10 Å². The van der Waals surface area contributed by atoms with E-state index in [-0.39, 0.29) is 12.0 Å². The van der Waals surface area contributed by atoms with Gasteiger partial charge < -0.3 is 5.11 Å². The molecule has 0 aliphatic heterocycles. The van der Waals surface area contributed by atoms with Gasteiger partial charge in [0.15, 0.2) is 0 Å². The fraction of sp³-hybridized carbons (Fsp3) is 0.571. The molecule has 0 aliphatic rings. The molecule has 1 nitrogen and oxygen atoms in total. The molecule has 1 rings (SSSR count). The number of hydrogen-bond donors (Lipinski definition) is 1. The van der Waals surface area contributed by atoms with Crippen LogP contribution in [-0.2, 0) is 0 Å². The molecule has 0 fully saturated rings. The van der Waals surface area contributed by atoms with E-state index in [0.717, 1.165) is 12.8 Å². The van der Waals surface area contributed by atoms with Crippen LogP contribution in [0.4, 0.5) is 0 Å². The Bertz CT molecular complexity index is 268. The molecule has 0 bridgehead atoms. The topological polar surface area (TPSA) is 20.2 Å². The van der Waals surface area contributed by atoms with E-state index >= 15 is 0 Å². The summed E-state index contributed by atoms with van der Waals surface area (Å²) in [6.45, 7) is 6.47. The van der Waals surface area contributed by atoms with Crippen LogP contribution in [0.5, 0.6) is 0 Å². The van der Waals surface area contributed by atoms with Gasteiger partial charge in [-0.25, -0.2) is 0 Å². The van der Waals surface area contributed by atoms with E-state index in [1.54, 1.807) is 0 Å². The minimum absolute atomic E-state index is 0.220. The number of aliphatic hydroxyl groups is 1. The lowest BCUT2D eigenvalue weighted by Gasteiger charge is -2.21. The van der Waals surface area contributed by atoms with Crippen LogP contribution in [0.15, 0.2) is 30.3 Å². The third-order valence-electron chi connectivity index (χ3n) is 3.24. The van der Waals surface area contributed by atoms with E-state index < -0.39 is 0 Å². The summed E-state index contributed by atoms with van der Waals surface area (Å²) in [5.41, 5.74) is 1.23. The van der Waals surface area contributed by atoms with Crippen LogP contribution in [0, 0.1) is 5.92 Å². The van der Waals surface area contributed by atoms with Gasteiger partial charge in [-0.05, 0) is 17.9 Å². The van der Waals surface area contributed by atoms with Gasteiger partial charge in [-0.1, -0.05) is 57.5 Å². The van der Waals surface area contributed by atoms with Crippen molar-refractivity contribution in [1.82, 2.24) is 0 Å². The quantitative estimate of drug-likeness (QED) is 0.780. The SMILES string of the molecule is CCC(C)CC(O)C(C)c1ccccc1. The number of rotatable bonds is 5. The molecule has 84 valence electrons. The summed E-state index contributed by atoms with van der Waals surface area (Å²) >= 11 is 0. The smallest absolute Gasteiger partial charge is 0.0608 e. The first-order valence-electron chi connectivity index (χ1n) is 5.88. The average Bonchev–Trinajstić information content (AvgIpc) is 2.29. The summed E-state index contributed by atoms with van der Waals surface area (Å²) in [6.07, 6.45) is 1.81. The molecule has 0 saturated heterocycles. The zero-order valence-electron chi connectivity index (χ0n) is 9.98. The zero-order chi connectivity index (χ0) is 11.3. The van der Waals surface area contributed by atoms with Crippen molar-refractivity contribution in [3.63, 3.8) is 0 Å². The Morgan fingerprint density at radius 3 is 2.27 bits per heavy atom. The lowest BCUT2D eigenvalue weighted by Crippen LogP contribution is -2.18. The fourth-order valence-electron chi connectivity index (χ4n) is 1.76. The summed E-state index contributed by atoms with van der Waals surface area (Å²) in [5, 5.41) is 10.1. The van der Waals surface area contributed by atoms with Crippen LogP contribution in [0.2, 0.25) is 0 Å². The van der Waals surface area contributed by atoms with Gasteiger partial charge in [0, 0.05) is 5.92 Å². The molecule has 0 radical (unpaired) electrons. The van der Waals surface area contributed by atoms with Gasteiger partial charge in [-0.2, -0.15) is 0 Å². The molecule has 3 atom stereocenters. The minimum atomic E-state index is -0.220. The Labute approximate surface area is 93.1 Å². The summed E-state index contributed by atoms with van der Waals surface area (Å²) in [6, 6.07) is 10.2. The first-order valence-corrected chi connectivity index (χ1v) is 5.88. The van der Waals surface area contributed by atoms with Crippen molar-refractivity contribution in [2.75, 3.05) is 0 Å². The second kappa shape index (κ2) is 5.92. The van der Waals surface area contributed by atoms with Crippen molar-refractivity contribution in [3.8, 4) is 0 Å². The van der Waals surface area contributed by atoms with Crippen LogP contribution in [0.3, 0.4) is 0 Å². The third-order valence-corrected chi connectivity index (χ3v) is 3.24. The van der Waals surface area contributed by atoms with Crippen LogP contribution < -0.4 is 0 Å². The highest BCUT2D eigenvalue weighted by atomic mass is 16.3. The van der Waals surface area contributed by atoms with E-state index in [0.29, 0.717) is 5.92 Å². The van der Waals surface area contributed by atoms with Crippen LogP contribution in [0.1, 0.15) is 45.1 Å². The number of benzene rings is 1. The maximum Gasteiger partial charge on any atom is 0.0608 e. The first kappa shape index (κ1) is 12.3. The van der Waals surface area contributed by atoms with Crippen molar-refractivity contribution in [3.05, 3.63) is 35.9 Å². The Balaban J connectivity index is 2.57. The van der Waals surface area contributed by atoms with Gasteiger partial charge in [0.25, 0.3) is 0 Å². The van der Waals surface area contributed by atoms with E-state index in [1.807, 2.05) is 18.2 Å². The summed E-state index contributed by atoms with van der Waals surface area (Å²) in [4.78, 5) is 0. The Morgan fingerprint density at radius 1 is 1.13 bits per heavy atom. The van der Waals surface area contributed by atoms with Crippen LogP contribution in [-0.4, -0.2) is 11.2 Å². The molecule has 1 N–H and O–H groups in total. The molecule has 1 aromatic rings. The number of hydrogen-bond acceptors (Lipinski definition) is 1. The highest BCUT2D eigenvalue weighted by Crippen LogP contribution is 2.24. The third kappa shape index (κ3) is 3.67. The van der Waals surface area contributed by atoms with Gasteiger partial charge in [-0.15, -0.1) is 0 Å². The molecule has 0 saturated carbocycles. The van der Waals surface area contributed by atoms with Crippen LogP contribution >= 0.6 is 0 Å². The van der Waals surface area contributed by atoms with Gasteiger partial charge >= 0.3 is 0 Å². The maximum absolute atomic E-state index is 10.1. The van der Waals surface area contributed by atoms with Gasteiger partial charge in [0.1, 0.15) is 0 Å². The van der Waals surface area contributed by atoms with E-state index in [2.05, 4.69) is 32.9 Å². The van der Waals surface area contributed by atoms with Crippen molar-refractivity contribution in [2.24, 2.45) is 5.92 Å². The molecule has 1 heteroatoms. The van der Waals surface area contributed by atoms with Crippen molar-refractivity contribution in [2.45, 2.75) is 45.6 Å². The minimum Gasteiger partial charge on any atom is -0.392 e. The van der Waals surface area contributed by atoms with E-state index in [4.69, 9.17) is 0 Å². The molecular formula is C14H22O. The molecule has 0 aromatic heterocycles. The summed E-state index contributed by atoms with van der Waals surface area (Å²) < 4.78 is 0. The second-order valence-electron chi connectivity index (χ2n) is 4.52. The second-order valence-corrected chi connectivity index (χ2v) is 4.52. The van der Waals surface area contributed by atoms with Crippen molar-refractivity contribution >= 4 is 0 Å². The number of aliphatic hydroxyl groups excluding tert-OH is 1. The predicted molar refractivity (Wildman–Crippen MR) is 64.9 cm³/mol. The van der Waals surface area contributed by atoms with E-state index in [9.17, 15) is 5.11 Å². The van der Waals surface area contributed by atoms with Gasteiger partial charge in [0.2, 0.25) is 0 Å². The fourth-order valence-corrected chi connectivity index (χ4v) is 1.76. The normalized spacial score (nSPS) is 17.1. The summed E-state index contributed by atoms with van der Waals surface area (Å²) in [5.74, 6) is 0.839. The Hall–Kier alpha value is -0.820. The lowest BCUT2D eigenvalue weighted by atomic mass is 9.89. The van der Waals surface area contributed by atoms with Gasteiger partial charge in [-0.3, -0.25) is 0 Å². The first-order chi connectivity index (χ1) is 7.15. The Kier molecular flexibility index (Phi) is 4.83. The molecular weight excluding hydrogens is 184 g/mol. The molecule has 0 aliphatic carbocycles. The van der Waals surface area contributed by atoms with E-state index in [1.165, 1.54) is 5.56 Å². The monoisotopic (exact) mass is 206 g/mol. The van der Waals surface area contributed by atoms with Crippen LogP contribution in [0.25, 0.3) is 0 Å². The molecule has 0 amide bonds. The molecule has 0 spiro atoms. The van der Waals surface area contributed by atoms with Crippen molar-refractivity contribution < 1.29 is 5.11 Å². The molecule has 1 aromatic carbocycles. The van der Waals surface area contributed by atoms with Crippen molar-refractivity contribution in [1.29, 1.82) is 0 Å². The lowest BCUT2D eigenvalue weighted by molar-refractivity contribution is 0.121. The summed E-state index contributed by atoms with van der Waals surface area (Å²) in [7, 11) is 0. The molecule has 3 unspecified atom stereocenters. The molecule has 15 heavy (non-hydrogen) atoms. The predicted octanol–water partition coefficient (Wildman–Crippen LogP) is 3.59. The maximum atomic E-state index is 10.1. The molecule has 0 heterocycles. The standard InChI is InChI=1S/C14H22O/c1-4-11(2)10-14(15)12(3)13-8-6-5-7-9-13/h5-9,11-12,14-15H,4,10H2,1-3H3. The largest absolute Gasteiger partial charge is 0.392 e.